The Kier molecular flexibility index (Phi) is 5.69. The van der Waals surface area contributed by atoms with Gasteiger partial charge in [-0.1, -0.05) is 37.3 Å². The summed E-state index contributed by atoms with van der Waals surface area (Å²) in [7, 11) is 0. The molecule has 0 saturated heterocycles. The molecule has 0 aliphatic heterocycles. The molecule has 1 aromatic heterocycles. The lowest BCUT2D eigenvalue weighted by atomic mass is 10.1. The summed E-state index contributed by atoms with van der Waals surface area (Å²) in [6.07, 6.45) is 0.826. The number of hydrogen-bond acceptors (Lipinski definition) is 3. The molecule has 0 aliphatic rings. The normalized spacial score (nSPS) is 12.1. The Balaban J connectivity index is 2.10. The number of hydrogen-bond donors (Lipinski definition) is 0. The third kappa shape index (κ3) is 3.63. The second-order valence-electron chi connectivity index (χ2n) is 6.58. The number of fused-ring (bicyclic) bond motifs is 1. The van der Waals surface area contributed by atoms with E-state index in [0.29, 0.717) is 35.4 Å². The zero-order chi connectivity index (χ0) is 19.4. The number of benzene rings is 2. The zero-order valence-electron chi connectivity index (χ0n) is 16.1. The largest absolute Gasteiger partial charge is 0.329 e. The second kappa shape index (κ2) is 8.16. The predicted molar refractivity (Wildman–Crippen MR) is 108 cm³/mol. The molecule has 27 heavy (non-hydrogen) atoms. The van der Waals surface area contributed by atoms with Gasteiger partial charge in [0.05, 0.1) is 16.9 Å². The first-order valence-corrected chi connectivity index (χ1v) is 9.44. The molecule has 0 bridgehead atoms. The lowest BCUT2D eigenvalue weighted by Crippen LogP contribution is -2.38. The average molecular weight is 363 g/mol. The molecule has 0 saturated carbocycles. The highest BCUT2D eigenvalue weighted by Crippen LogP contribution is 2.22. The molecule has 0 radical (unpaired) electrons. The van der Waals surface area contributed by atoms with Gasteiger partial charge in [-0.15, -0.1) is 0 Å². The molecule has 3 aromatic rings. The number of rotatable bonds is 6. The van der Waals surface area contributed by atoms with Crippen molar-refractivity contribution in [2.75, 3.05) is 6.54 Å². The summed E-state index contributed by atoms with van der Waals surface area (Å²) in [5.41, 5.74) is 1.25. The molecule has 0 spiro atoms. The Morgan fingerprint density at radius 2 is 1.74 bits per heavy atom. The van der Waals surface area contributed by atoms with Gasteiger partial charge in [0.1, 0.15) is 5.82 Å². The topological polar surface area (TPSA) is 55.2 Å². The number of nitrogens with zero attached hydrogens (tertiary/aromatic N) is 3. The van der Waals surface area contributed by atoms with E-state index in [1.54, 1.807) is 15.5 Å². The molecule has 1 atom stereocenters. The summed E-state index contributed by atoms with van der Waals surface area (Å²) in [6.45, 7) is 7.02. The molecule has 1 unspecified atom stereocenters. The van der Waals surface area contributed by atoms with Gasteiger partial charge in [0.15, 0.2) is 0 Å². The quantitative estimate of drug-likeness (QED) is 0.664. The Bertz CT molecular complexity index is 995. The number of carbonyl (C=O) groups is 1. The first-order valence-electron chi connectivity index (χ1n) is 9.44. The van der Waals surface area contributed by atoms with Gasteiger partial charge in [-0.3, -0.25) is 14.2 Å². The van der Waals surface area contributed by atoms with E-state index in [2.05, 4.69) is 0 Å². The summed E-state index contributed by atoms with van der Waals surface area (Å²) in [5, 5.41) is 0.603. The minimum Gasteiger partial charge on any atom is -0.329 e. The molecule has 1 heterocycles. The van der Waals surface area contributed by atoms with E-state index in [1.807, 2.05) is 69.3 Å². The van der Waals surface area contributed by atoms with E-state index in [1.165, 1.54) is 0 Å². The molecule has 2 aromatic carbocycles. The van der Waals surface area contributed by atoms with E-state index in [0.717, 1.165) is 6.42 Å². The minimum atomic E-state index is -0.310. The van der Waals surface area contributed by atoms with Crippen LogP contribution in [0.5, 0.6) is 0 Å². The average Bonchev–Trinajstić information content (AvgIpc) is 2.71. The maximum Gasteiger partial charge on any atom is 0.261 e. The molecule has 0 fully saturated rings. The van der Waals surface area contributed by atoms with Gasteiger partial charge >= 0.3 is 0 Å². The summed E-state index contributed by atoms with van der Waals surface area (Å²) in [4.78, 5) is 32.6. The van der Waals surface area contributed by atoms with Crippen LogP contribution < -0.4 is 5.56 Å². The number of amides is 1. The van der Waals surface area contributed by atoms with Crippen molar-refractivity contribution in [1.29, 1.82) is 0 Å². The molecule has 5 nitrogen and oxygen atoms in total. The van der Waals surface area contributed by atoms with Crippen molar-refractivity contribution in [2.24, 2.45) is 0 Å². The van der Waals surface area contributed by atoms with Crippen LogP contribution in [-0.2, 0) is 6.54 Å². The zero-order valence-corrected chi connectivity index (χ0v) is 16.1. The van der Waals surface area contributed by atoms with Crippen molar-refractivity contribution in [1.82, 2.24) is 14.5 Å². The predicted octanol–water partition coefficient (Wildman–Crippen LogP) is 4.03. The third-order valence-electron chi connectivity index (χ3n) is 4.79. The van der Waals surface area contributed by atoms with Crippen molar-refractivity contribution >= 4 is 16.8 Å². The van der Waals surface area contributed by atoms with Gasteiger partial charge in [-0.2, -0.15) is 0 Å². The number of carbonyl (C=O) groups excluding carboxylic acids is 1. The SMILES string of the molecule is CCCN(C(=O)c1ccccc1)C(C)c1nc2ccccc2c(=O)n1CC. The van der Waals surface area contributed by atoms with Crippen molar-refractivity contribution in [3.63, 3.8) is 0 Å². The first-order chi connectivity index (χ1) is 13.1. The van der Waals surface area contributed by atoms with Gasteiger partial charge in [0, 0.05) is 18.7 Å². The highest BCUT2D eigenvalue weighted by Gasteiger charge is 2.26. The number of aromatic nitrogens is 2. The maximum absolute atomic E-state index is 13.1. The van der Waals surface area contributed by atoms with E-state index in [9.17, 15) is 9.59 Å². The maximum atomic E-state index is 13.1. The molecule has 1 amide bonds. The highest BCUT2D eigenvalue weighted by molar-refractivity contribution is 5.94. The van der Waals surface area contributed by atoms with Crippen LogP contribution in [0.3, 0.4) is 0 Å². The van der Waals surface area contributed by atoms with E-state index in [-0.39, 0.29) is 17.5 Å². The molecule has 0 N–H and O–H groups in total. The lowest BCUT2D eigenvalue weighted by molar-refractivity contribution is 0.0679. The van der Waals surface area contributed by atoms with Crippen LogP contribution in [0, 0.1) is 0 Å². The fourth-order valence-corrected chi connectivity index (χ4v) is 3.41. The Labute approximate surface area is 159 Å². The monoisotopic (exact) mass is 363 g/mol. The van der Waals surface area contributed by atoms with Crippen molar-refractivity contribution in [2.45, 2.75) is 39.8 Å². The number of para-hydroxylation sites is 1. The van der Waals surface area contributed by atoms with Crippen LogP contribution >= 0.6 is 0 Å². The minimum absolute atomic E-state index is 0.0463. The van der Waals surface area contributed by atoms with E-state index < -0.39 is 0 Å². The summed E-state index contributed by atoms with van der Waals surface area (Å²) < 4.78 is 1.67. The van der Waals surface area contributed by atoms with Crippen molar-refractivity contribution in [3.8, 4) is 0 Å². The van der Waals surface area contributed by atoms with Crippen LogP contribution in [0.15, 0.2) is 59.4 Å². The summed E-state index contributed by atoms with van der Waals surface area (Å²) >= 11 is 0. The first kappa shape index (κ1) is 18.8. The van der Waals surface area contributed by atoms with Crippen molar-refractivity contribution < 1.29 is 4.79 Å². The summed E-state index contributed by atoms with van der Waals surface area (Å²) in [6, 6.07) is 16.3. The molecular formula is C22H25N3O2. The standard InChI is InChI=1S/C22H25N3O2/c1-4-15-25(21(26)17-11-7-6-8-12-17)16(3)20-23-19-14-10-9-13-18(19)22(27)24(20)5-2/h6-14,16H,4-5,15H2,1-3H3. The van der Waals surface area contributed by atoms with E-state index >= 15 is 0 Å². The third-order valence-corrected chi connectivity index (χ3v) is 4.79. The van der Waals surface area contributed by atoms with Gasteiger partial charge < -0.3 is 4.90 Å². The lowest BCUT2D eigenvalue weighted by Gasteiger charge is -2.30. The molecule has 5 heteroatoms. The van der Waals surface area contributed by atoms with Crippen LogP contribution in [0.4, 0.5) is 0 Å². The highest BCUT2D eigenvalue weighted by atomic mass is 16.2. The van der Waals surface area contributed by atoms with Crippen LogP contribution in [0.2, 0.25) is 0 Å². The summed E-state index contributed by atoms with van der Waals surface area (Å²) in [5.74, 6) is 0.578. The fraction of sp³-hybridized carbons (Fsp3) is 0.318. The van der Waals surface area contributed by atoms with Crippen LogP contribution in [-0.4, -0.2) is 26.9 Å². The van der Waals surface area contributed by atoms with Gasteiger partial charge in [-0.05, 0) is 44.5 Å². The Morgan fingerprint density at radius 1 is 1.07 bits per heavy atom. The van der Waals surface area contributed by atoms with E-state index in [4.69, 9.17) is 4.98 Å². The smallest absolute Gasteiger partial charge is 0.261 e. The molecule has 0 aliphatic carbocycles. The second-order valence-corrected chi connectivity index (χ2v) is 6.58. The Morgan fingerprint density at radius 3 is 2.41 bits per heavy atom. The van der Waals surface area contributed by atoms with Crippen molar-refractivity contribution in [3.05, 3.63) is 76.3 Å². The fourth-order valence-electron chi connectivity index (χ4n) is 3.41. The Hall–Kier alpha value is -2.95. The van der Waals surface area contributed by atoms with Gasteiger partial charge in [0.25, 0.3) is 11.5 Å². The van der Waals surface area contributed by atoms with Crippen LogP contribution in [0.25, 0.3) is 10.9 Å². The van der Waals surface area contributed by atoms with Crippen LogP contribution in [0.1, 0.15) is 49.4 Å². The molecular weight excluding hydrogens is 338 g/mol. The molecule has 140 valence electrons. The molecule has 3 rings (SSSR count). The van der Waals surface area contributed by atoms with Gasteiger partial charge in [-0.25, -0.2) is 4.98 Å². The van der Waals surface area contributed by atoms with Gasteiger partial charge in [0.2, 0.25) is 0 Å².